The molecule has 2 unspecified atom stereocenters. The predicted octanol–water partition coefficient (Wildman–Crippen LogP) is 1.90. The minimum Gasteiger partial charge on any atom is -0.399 e. The van der Waals surface area contributed by atoms with E-state index in [1.807, 2.05) is 31.2 Å². The summed E-state index contributed by atoms with van der Waals surface area (Å²) in [5.74, 6) is 2.59. The Morgan fingerprint density at radius 2 is 2.00 bits per heavy atom. The normalized spacial score (nSPS) is 13.5. The quantitative estimate of drug-likeness (QED) is 0.613. The Bertz CT molecular complexity index is 417. The first-order valence-corrected chi connectivity index (χ1v) is 5.64. The summed E-state index contributed by atoms with van der Waals surface area (Å²) < 4.78 is 0. The van der Waals surface area contributed by atoms with Crippen LogP contribution in [-0.4, -0.2) is 11.9 Å². The summed E-state index contributed by atoms with van der Waals surface area (Å²) in [5, 5.41) is 2.74. The molecule has 0 aliphatic carbocycles. The highest BCUT2D eigenvalue weighted by Crippen LogP contribution is 2.19. The van der Waals surface area contributed by atoms with Gasteiger partial charge in [0, 0.05) is 12.1 Å². The van der Waals surface area contributed by atoms with Crippen molar-refractivity contribution in [3.05, 3.63) is 29.8 Å². The fourth-order valence-electron chi connectivity index (χ4n) is 1.56. The van der Waals surface area contributed by atoms with Crippen LogP contribution in [0.15, 0.2) is 24.3 Å². The van der Waals surface area contributed by atoms with Crippen LogP contribution >= 0.6 is 0 Å². The summed E-state index contributed by atoms with van der Waals surface area (Å²) in [6, 6.07) is 7.35. The Kier molecular flexibility index (Phi) is 4.59. The second-order valence-electron chi connectivity index (χ2n) is 4.23. The number of terminal acetylenes is 1. The first-order chi connectivity index (χ1) is 8.02. The summed E-state index contributed by atoms with van der Waals surface area (Å²) >= 11 is 0. The minimum atomic E-state index is -0.221. The third-order valence-corrected chi connectivity index (χ3v) is 2.62. The number of anilines is 1. The molecule has 1 aromatic carbocycles. The summed E-state index contributed by atoms with van der Waals surface area (Å²) in [7, 11) is 0. The molecule has 0 aliphatic rings. The van der Waals surface area contributed by atoms with Crippen molar-refractivity contribution in [1.82, 2.24) is 5.32 Å². The fraction of sp³-hybridized carbons (Fsp3) is 0.357. The van der Waals surface area contributed by atoms with Crippen molar-refractivity contribution in [3.63, 3.8) is 0 Å². The van der Waals surface area contributed by atoms with Crippen LogP contribution in [0.25, 0.3) is 0 Å². The molecule has 3 heteroatoms. The maximum absolute atomic E-state index is 11.6. The van der Waals surface area contributed by atoms with Crippen molar-refractivity contribution in [2.75, 3.05) is 5.73 Å². The maximum atomic E-state index is 11.6. The van der Waals surface area contributed by atoms with Gasteiger partial charge in [-0.05, 0) is 30.5 Å². The van der Waals surface area contributed by atoms with Crippen LogP contribution < -0.4 is 11.1 Å². The second kappa shape index (κ2) is 5.95. The van der Waals surface area contributed by atoms with Gasteiger partial charge in [0.2, 0.25) is 5.91 Å². The van der Waals surface area contributed by atoms with Crippen LogP contribution in [0.4, 0.5) is 5.69 Å². The molecule has 0 spiro atoms. The van der Waals surface area contributed by atoms with Gasteiger partial charge in [-0.15, -0.1) is 6.42 Å². The molecule has 3 N–H and O–H groups in total. The molecular weight excluding hydrogens is 212 g/mol. The van der Waals surface area contributed by atoms with Gasteiger partial charge >= 0.3 is 0 Å². The number of hydrogen-bond donors (Lipinski definition) is 2. The number of nitrogens with one attached hydrogen (secondary N) is 1. The van der Waals surface area contributed by atoms with Crippen molar-refractivity contribution < 1.29 is 4.79 Å². The van der Waals surface area contributed by atoms with E-state index < -0.39 is 0 Å². The van der Waals surface area contributed by atoms with Gasteiger partial charge in [-0.1, -0.05) is 25.0 Å². The lowest BCUT2D eigenvalue weighted by atomic mass is 9.97. The molecule has 1 amide bonds. The Hall–Kier alpha value is -1.95. The van der Waals surface area contributed by atoms with Crippen LogP contribution in [-0.2, 0) is 4.79 Å². The number of carbonyl (C=O) groups is 1. The lowest BCUT2D eigenvalue weighted by Crippen LogP contribution is -2.31. The van der Waals surface area contributed by atoms with E-state index in [0.717, 1.165) is 11.3 Å². The molecule has 1 rings (SSSR count). The van der Waals surface area contributed by atoms with Crippen molar-refractivity contribution in [2.45, 2.75) is 32.2 Å². The highest BCUT2D eigenvalue weighted by molar-refractivity contribution is 5.77. The molecule has 2 atom stereocenters. The number of amides is 1. The zero-order chi connectivity index (χ0) is 12.8. The molecule has 0 radical (unpaired) electrons. The zero-order valence-corrected chi connectivity index (χ0v) is 10.2. The first kappa shape index (κ1) is 13.1. The molecule has 0 aromatic heterocycles. The van der Waals surface area contributed by atoms with E-state index in [9.17, 15) is 4.79 Å². The molecule has 0 bridgehead atoms. The number of nitrogen functional groups attached to an aromatic ring is 1. The molecule has 0 aliphatic heterocycles. The Morgan fingerprint density at radius 1 is 1.41 bits per heavy atom. The zero-order valence-electron chi connectivity index (χ0n) is 10.2. The summed E-state index contributed by atoms with van der Waals surface area (Å²) in [6.07, 6.45) is 5.63. The van der Waals surface area contributed by atoms with E-state index in [4.69, 9.17) is 12.2 Å². The lowest BCUT2D eigenvalue weighted by Gasteiger charge is -2.13. The molecule has 0 saturated heterocycles. The van der Waals surface area contributed by atoms with Gasteiger partial charge in [-0.3, -0.25) is 4.79 Å². The van der Waals surface area contributed by atoms with Crippen LogP contribution in [0.5, 0.6) is 0 Å². The molecule has 0 saturated carbocycles. The van der Waals surface area contributed by atoms with E-state index in [-0.39, 0.29) is 17.9 Å². The van der Waals surface area contributed by atoms with Gasteiger partial charge in [0.15, 0.2) is 0 Å². The largest absolute Gasteiger partial charge is 0.399 e. The van der Waals surface area contributed by atoms with Crippen molar-refractivity contribution >= 4 is 11.6 Å². The highest BCUT2D eigenvalue weighted by atomic mass is 16.1. The van der Waals surface area contributed by atoms with E-state index in [0.29, 0.717) is 6.42 Å². The minimum absolute atomic E-state index is 0.0280. The van der Waals surface area contributed by atoms with E-state index in [1.165, 1.54) is 0 Å². The third-order valence-electron chi connectivity index (χ3n) is 2.62. The fourth-order valence-corrected chi connectivity index (χ4v) is 1.56. The second-order valence-corrected chi connectivity index (χ2v) is 4.23. The predicted molar refractivity (Wildman–Crippen MR) is 70.3 cm³/mol. The van der Waals surface area contributed by atoms with Crippen molar-refractivity contribution in [1.29, 1.82) is 0 Å². The van der Waals surface area contributed by atoms with Crippen LogP contribution in [0.1, 0.15) is 31.7 Å². The smallest absolute Gasteiger partial charge is 0.221 e. The SMILES string of the molecule is C#CC(C)NC(=O)CC(C)c1ccc(N)cc1. The average Bonchev–Trinajstić information content (AvgIpc) is 2.29. The number of hydrogen-bond acceptors (Lipinski definition) is 2. The lowest BCUT2D eigenvalue weighted by molar-refractivity contribution is -0.121. The molecule has 1 aromatic rings. The number of carbonyl (C=O) groups excluding carboxylic acids is 1. The number of benzene rings is 1. The van der Waals surface area contributed by atoms with Crippen molar-refractivity contribution in [2.24, 2.45) is 0 Å². The average molecular weight is 230 g/mol. The van der Waals surface area contributed by atoms with Gasteiger partial charge in [0.1, 0.15) is 0 Å². The molecule has 17 heavy (non-hydrogen) atoms. The van der Waals surface area contributed by atoms with Gasteiger partial charge < -0.3 is 11.1 Å². The molecule has 3 nitrogen and oxygen atoms in total. The Morgan fingerprint density at radius 3 is 2.53 bits per heavy atom. The molecular formula is C14H18N2O. The third kappa shape index (κ3) is 4.20. The molecule has 0 fully saturated rings. The standard InChI is InChI=1S/C14H18N2O/c1-4-11(3)16-14(17)9-10(2)12-5-7-13(15)8-6-12/h1,5-8,10-11H,9,15H2,2-3H3,(H,16,17). The topological polar surface area (TPSA) is 55.1 Å². The molecule has 90 valence electrons. The van der Waals surface area contributed by atoms with E-state index in [1.54, 1.807) is 6.92 Å². The van der Waals surface area contributed by atoms with E-state index in [2.05, 4.69) is 11.2 Å². The highest BCUT2D eigenvalue weighted by Gasteiger charge is 2.12. The summed E-state index contributed by atoms with van der Waals surface area (Å²) in [4.78, 5) is 11.6. The van der Waals surface area contributed by atoms with Crippen LogP contribution in [0.2, 0.25) is 0 Å². The van der Waals surface area contributed by atoms with Gasteiger partial charge in [-0.25, -0.2) is 0 Å². The first-order valence-electron chi connectivity index (χ1n) is 5.64. The maximum Gasteiger partial charge on any atom is 0.221 e. The monoisotopic (exact) mass is 230 g/mol. The van der Waals surface area contributed by atoms with Crippen LogP contribution in [0, 0.1) is 12.3 Å². The Labute approximate surface area is 102 Å². The van der Waals surface area contributed by atoms with Gasteiger partial charge in [0.25, 0.3) is 0 Å². The van der Waals surface area contributed by atoms with Gasteiger partial charge in [-0.2, -0.15) is 0 Å². The number of nitrogens with two attached hydrogens (primary N) is 1. The van der Waals surface area contributed by atoms with Crippen molar-refractivity contribution in [3.8, 4) is 12.3 Å². The molecule has 0 heterocycles. The Balaban J connectivity index is 2.55. The van der Waals surface area contributed by atoms with Gasteiger partial charge in [0.05, 0.1) is 6.04 Å². The number of rotatable bonds is 4. The van der Waals surface area contributed by atoms with Crippen LogP contribution in [0.3, 0.4) is 0 Å². The summed E-state index contributed by atoms with van der Waals surface area (Å²) in [5.41, 5.74) is 7.44. The summed E-state index contributed by atoms with van der Waals surface area (Å²) in [6.45, 7) is 3.79. The van der Waals surface area contributed by atoms with E-state index >= 15 is 0 Å².